The van der Waals surface area contributed by atoms with Gasteiger partial charge in [0.15, 0.2) is 0 Å². The van der Waals surface area contributed by atoms with Crippen LogP contribution < -0.4 is 0 Å². The summed E-state index contributed by atoms with van der Waals surface area (Å²) in [7, 11) is 0. The molecule has 0 heterocycles. The number of allylic oxidation sites excluding steroid dienone is 8. The molecule has 0 radical (unpaired) electrons. The maximum Gasteiger partial charge on any atom is 0.303 e. The van der Waals surface area contributed by atoms with Crippen LogP contribution >= 0.6 is 0 Å². The standard InChI is InChI=1S/C22H36O2/c1-2-3-4-5-6-7-8-9-10-11-12-13-14-15-16-17-18-19-20-21-22(23)24/h3-4,6-7,9-10,12-13H,2,5,8,11,14-21H2,1H3,(H,23,24). The minimum atomic E-state index is -0.672. The molecular formula is C22H36O2. The van der Waals surface area contributed by atoms with Gasteiger partial charge in [-0.2, -0.15) is 0 Å². The molecule has 0 aromatic rings. The van der Waals surface area contributed by atoms with Gasteiger partial charge in [-0.3, -0.25) is 4.79 Å². The van der Waals surface area contributed by atoms with E-state index in [9.17, 15) is 4.79 Å². The number of carboxylic acid groups (broad SMARTS) is 1. The Hall–Kier alpha value is -1.57. The van der Waals surface area contributed by atoms with E-state index in [0.29, 0.717) is 6.42 Å². The van der Waals surface area contributed by atoms with E-state index in [1.54, 1.807) is 0 Å². The first-order chi connectivity index (χ1) is 11.8. The molecule has 0 aliphatic carbocycles. The summed E-state index contributed by atoms with van der Waals surface area (Å²) in [4.78, 5) is 10.4. The molecule has 0 unspecified atom stereocenters. The van der Waals surface area contributed by atoms with Crippen molar-refractivity contribution in [2.45, 2.75) is 84.0 Å². The van der Waals surface area contributed by atoms with Crippen molar-refractivity contribution in [3.63, 3.8) is 0 Å². The lowest BCUT2D eigenvalue weighted by Gasteiger charge is -1.99. The van der Waals surface area contributed by atoms with Crippen molar-refractivity contribution in [3.05, 3.63) is 48.6 Å². The van der Waals surface area contributed by atoms with Crippen LogP contribution in [-0.2, 0) is 4.79 Å². The first kappa shape index (κ1) is 22.4. The number of hydrogen-bond acceptors (Lipinski definition) is 1. The zero-order valence-electron chi connectivity index (χ0n) is 15.5. The van der Waals surface area contributed by atoms with Gasteiger partial charge in [0, 0.05) is 6.42 Å². The van der Waals surface area contributed by atoms with Crippen molar-refractivity contribution in [2.24, 2.45) is 0 Å². The molecule has 0 aromatic carbocycles. The summed E-state index contributed by atoms with van der Waals surface area (Å²) < 4.78 is 0. The van der Waals surface area contributed by atoms with Gasteiger partial charge in [-0.25, -0.2) is 0 Å². The third-order valence-corrected chi connectivity index (χ3v) is 3.73. The highest BCUT2D eigenvalue weighted by Crippen LogP contribution is 2.09. The minimum Gasteiger partial charge on any atom is -0.481 e. The van der Waals surface area contributed by atoms with Crippen LogP contribution in [0.25, 0.3) is 0 Å². The SMILES string of the molecule is CCC=CCC=CCC=CCC=CCCCCCCCCC(=O)O. The molecule has 0 aromatic heterocycles. The lowest BCUT2D eigenvalue weighted by atomic mass is 10.1. The summed E-state index contributed by atoms with van der Waals surface area (Å²) in [5.41, 5.74) is 0. The molecule has 0 atom stereocenters. The van der Waals surface area contributed by atoms with Crippen molar-refractivity contribution in [1.29, 1.82) is 0 Å². The second-order valence-corrected chi connectivity index (χ2v) is 6.05. The molecule has 2 heteroatoms. The first-order valence-corrected chi connectivity index (χ1v) is 9.59. The van der Waals surface area contributed by atoms with Crippen LogP contribution in [0.1, 0.15) is 84.0 Å². The molecule has 0 fully saturated rings. The molecule has 0 aliphatic heterocycles. The summed E-state index contributed by atoms with van der Waals surface area (Å²) >= 11 is 0. The monoisotopic (exact) mass is 332 g/mol. The van der Waals surface area contributed by atoms with E-state index in [0.717, 1.165) is 44.9 Å². The van der Waals surface area contributed by atoms with Crippen LogP contribution in [0.2, 0.25) is 0 Å². The molecule has 0 aliphatic rings. The van der Waals surface area contributed by atoms with Crippen molar-refractivity contribution in [3.8, 4) is 0 Å². The van der Waals surface area contributed by atoms with E-state index in [1.165, 1.54) is 25.7 Å². The lowest BCUT2D eigenvalue weighted by Crippen LogP contribution is -1.93. The van der Waals surface area contributed by atoms with Gasteiger partial charge in [0.05, 0.1) is 0 Å². The second kappa shape index (κ2) is 19.5. The van der Waals surface area contributed by atoms with Crippen molar-refractivity contribution in [1.82, 2.24) is 0 Å². The molecule has 0 saturated heterocycles. The van der Waals surface area contributed by atoms with Crippen molar-refractivity contribution in [2.75, 3.05) is 0 Å². The Kier molecular flexibility index (Phi) is 18.2. The topological polar surface area (TPSA) is 37.3 Å². The fraction of sp³-hybridized carbons (Fsp3) is 0.591. The predicted octanol–water partition coefficient (Wildman–Crippen LogP) is 7.00. The second-order valence-electron chi connectivity index (χ2n) is 6.05. The Bertz CT molecular complexity index is 389. The van der Waals surface area contributed by atoms with Gasteiger partial charge in [0.1, 0.15) is 0 Å². The maximum absolute atomic E-state index is 10.4. The van der Waals surface area contributed by atoms with E-state index in [2.05, 4.69) is 55.5 Å². The summed E-state index contributed by atoms with van der Waals surface area (Å²) in [6, 6.07) is 0. The molecule has 0 bridgehead atoms. The first-order valence-electron chi connectivity index (χ1n) is 9.59. The van der Waals surface area contributed by atoms with Gasteiger partial charge in [-0.15, -0.1) is 0 Å². The third-order valence-electron chi connectivity index (χ3n) is 3.73. The van der Waals surface area contributed by atoms with E-state index < -0.39 is 5.97 Å². The van der Waals surface area contributed by atoms with Crippen LogP contribution in [0, 0.1) is 0 Å². The molecule has 2 nitrogen and oxygen atoms in total. The summed E-state index contributed by atoms with van der Waals surface area (Å²) in [5, 5.41) is 8.54. The molecule has 24 heavy (non-hydrogen) atoms. The average molecular weight is 333 g/mol. The molecule has 0 amide bonds. The Labute approximate surface area is 149 Å². The van der Waals surface area contributed by atoms with E-state index in [-0.39, 0.29) is 0 Å². The fourth-order valence-electron chi connectivity index (χ4n) is 2.34. The smallest absolute Gasteiger partial charge is 0.303 e. The average Bonchev–Trinajstić information content (AvgIpc) is 2.56. The van der Waals surface area contributed by atoms with Gasteiger partial charge in [-0.1, -0.05) is 81.2 Å². The zero-order chi connectivity index (χ0) is 17.7. The quantitative estimate of drug-likeness (QED) is 0.244. The molecule has 0 saturated carbocycles. The van der Waals surface area contributed by atoms with E-state index in [1.807, 2.05) is 0 Å². The number of unbranched alkanes of at least 4 members (excludes halogenated alkanes) is 6. The Morgan fingerprint density at radius 1 is 0.667 bits per heavy atom. The maximum atomic E-state index is 10.4. The summed E-state index contributed by atoms with van der Waals surface area (Å²) in [6.07, 6.45) is 30.3. The summed E-state index contributed by atoms with van der Waals surface area (Å²) in [6.45, 7) is 2.15. The minimum absolute atomic E-state index is 0.321. The Morgan fingerprint density at radius 3 is 1.67 bits per heavy atom. The van der Waals surface area contributed by atoms with Crippen molar-refractivity contribution >= 4 is 5.97 Å². The van der Waals surface area contributed by atoms with Crippen LogP contribution in [0.5, 0.6) is 0 Å². The highest BCUT2D eigenvalue weighted by Gasteiger charge is 1.95. The Morgan fingerprint density at radius 2 is 1.12 bits per heavy atom. The van der Waals surface area contributed by atoms with Gasteiger partial charge in [0.25, 0.3) is 0 Å². The van der Waals surface area contributed by atoms with Gasteiger partial charge in [0.2, 0.25) is 0 Å². The zero-order valence-corrected chi connectivity index (χ0v) is 15.5. The van der Waals surface area contributed by atoms with Crippen LogP contribution in [0.3, 0.4) is 0 Å². The van der Waals surface area contributed by atoms with Gasteiger partial charge >= 0.3 is 5.97 Å². The third kappa shape index (κ3) is 20.4. The largest absolute Gasteiger partial charge is 0.481 e. The normalized spacial score (nSPS) is 12.4. The lowest BCUT2D eigenvalue weighted by molar-refractivity contribution is -0.137. The molecule has 1 N–H and O–H groups in total. The molecular weight excluding hydrogens is 296 g/mol. The molecule has 0 rings (SSSR count). The van der Waals surface area contributed by atoms with E-state index >= 15 is 0 Å². The van der Waals surface area contributed by atoms with Crippen molar-refractivity contribution < 1.29 is 9.90 Å². The fourth-order valence-corrected chi connectivity index (χ4v) is 2.34. The highest BCUT2D eigenvalue weighted by atomic mass is 16.4. The molecule has 136 valence electrons. The number of hydrogen-bond donors (Lipinski definition) is 1. The van der Waals surface area contributed by atoms with E-state index in [4.69, 9.17) is 5.11 Å². The number of aliphatic carboxylic acids is 1. The van der Waals surface area contributed by atoms with Gasteiger partial charge in [-0.05, 0) is 44.9 Å². The van der Waals surface area contributed by atoms with Gasteiger partial charge < -0.3 is 5.11 Å². The summed E-state index contributed by atoms with van der Waals surface area (Å²) in [5.74, 6) is -0.672. The Balaban J connectivity index is 3.30. The number of rotatable bonds is 16. The van der Waals surface area contributed by atoms with Crippen LogP contribution in [0.15, 0.2) is 48.6 Å². The predicted molar refractivity (Wildman–Crippen MR) is 105 cm³/mol. The van der Waals surface area contributed by atoms with Crippen LogP contribution in [0.4, 0.5) is 0 Å². The highest BCUT2D eigenvalue weighted by molar-refractivity contribution is 5.66. The molecule has 0 spiro atoms. The number of carboxylic acids is 1. The van der Waals surface area contributed by atoms with Crippen LogP contribution in [-0.4, -0.2) is 11.1 Å². The number of carbonyl (C=O) groups is 1.